The lowest BCUT2D eigenvalue weighted by Gasteiger charge is -2.29. The van der Waals surface area contributed by atoms with Crippen LogP contribution in [0.4, 0.5) is 15.9 Å². The van der Waals surface area contributed by atoms with Gasteiger partial charge in [-0.15, -0.1) is 11.3 Å². The second-order valence-electron chi connectivity index (χ2n) is 8.55. The number of hydrogen-bond donors (Lipinski definition) is 2. The van der Waals surface area contributed by atoms with Crippen molar-refractivity contribution >= 4 is 61.7 Å². The molecule has 0 saturated carbocycles. The molecule has 38 heavy (non-hydrogen) atoms. The fourth-order valence-corrected chi connectivity index (χ4v) is 4.99. The van der Waals surface area contributed by atoms with E-state index in [4.69, 9.17) is 15.2 Å². The predicted molar refractivity (Wildman–Crippen MR) is 146 cm³/mol. The van der Waals surface area contributed by atoms with Crippen molar-refractivity contribution in [2.24, 2.45) is 10.7 Å². The molecule has 4 aromatic rings. The minimum absolute atomic E-state index is 0.162. The van der Waals surface area contributed by atoms with Crippen molar-refractivity contribution < 1.29 is 18.7 Å². The van der Waals surface area contributed by atoms with E-state index in [-0.39, 0.29) is 11.6 Å². The van der Waals surface area contributed by atoms with Crippen LogP contribution in [-0.2, 0) is 9.53 Å². The van der Waals surface area contributed by atoms with Crippen molar-refractivity contribution in [3.63, 3.8) is 0 Å². The minimum atomic E-state index is -0.810. The van der Waals surface area contributed by atoms with Gasteiger partial charge in [-0.2, -0.15) is 0 Å². The molecule has 3 N–H and O–H groups in total. The van der Waals surface area contributed by atoms with E-state index >= 15 is 4.39 Å². The maximum atomic E-state index is 15.2. The molecule has 3 heterocycles. The quantitative estimate of drug-likeness (QED) is 0.343. The minimum Gasteiger partial charge on any atom is -0.480 e. The number of allylic oxidation sites excluding steroid dienone is 1. The fourth-order valence-electron chi connectivity index (χ4n) is 4.26. The topological polar surface area (TPSA) is 128 Å². The Labute approximate surface area is 222 Å². The number of hydrogen-bond acceptors (Lipinski definition) is 10. The fraction of sp³-hybridized carbons (Fsp3) is 0.269. The molecule has 1 atom stereocenters. The van der Waals surface area contributed by atoms with Gasteiger partial charge < -0.3 is 25.4 Å². The van der Waals surface area contributed by atoms with Crippen molar-refractivity contribution in [2.45, 2.75) is 13.0 Å². The number of nitrogens with one attached hydrogen (secondary N) is 1. The number of fused-ring (bicyclic) bond motifs is 2. The molecule has 2 aromatic heterocycles. The Morgan fingerprint density at radius 2 is 2.08 bits per heavy atom. The Morgan fingerprint density at radius 1 is 1.26 bits per heavy atom. The molecule has 2 aromatic carbocycles. The van der Waals surface area contributed by atoms with Crippen molar-refractivity contribution in [1.29, 1.82) is 0 Å². The van der Waals surface area contributed by atoms with E-state index in [1.807, 2.05) is 6.07 Å². The number of carbonyl (C=O) groups is 1. The number of carbonyl (C=O) groups excluding carboxylic acids is 1. The molecule has 1 aliphatic rings. The van der Waals surface area contributed by atoms with Crippen molar-refractivity contribution in [3.05, 3.63) is 53.7 Å². The van der Waals surface area contributed by atoms with E-state index in [2.05, 4.69) is 25.3 Å². The summed E-state index contributed by atoms with van der Waals surface area (Å²) in [4.78, 5) is 31.9. The van der Waals surface area contributed by atoms with Gasteiger partial charge in [-0.25, -0.2) is 19.3 Å². The van der Waals surface area contributed by atoms with Crippen LogP contribution >= 0.6 is 11.3 Å². The van der Waals surface area contributed by atoms with Gasteiger partial charge in [0.05, 0.1) is 45.5 Å². The van der Waals surface area contributed by atoms with Crippen LogP contribution in [0.1, 0.15) is 12.5 Å². The first-order valence-corrected chi connectivity index (χ1v) is 12.8. The number of ether oxygens (including phenoxy) is 2. The molecule has 0 spiro atoms. The smallest absolute Gasteiger partial charge is 0.263 e. The van der Waals surface area contributed by atoms with Crippen LogP contribution in [0.3, 0.4) is 0 Å². The van der Waals surface area contributed by atoms with Gasteiger partial charge in [0, 0.05) is 38.1 Å². The lowest BCUT2D eigenvalue weighted by molar-refractivity contribution is -0.142. The van der Waals surface area contributed by atoms with E-state index in [1.165, 1.54) is 23.9 Å². The lowest BCUT2D eigenvalue weighted by Crippen LogP contribution is -2.46. The highest BCUT2D eigenvalue weighted by atomic mass is 32.1. The summed E-state index contributed by atoms with van der Waals surface area (Å²) < 4.78 is 27.3. The molecular weight excluding hydrogens is 509 g/mol. The summed E-state index contributed by atoms with van der Waals surface area (Å²) in [5, 5.41) is 3.58. The number of morpholine rings is 1. The summed E-state index contributed by atoms with van der Waals surface area (Å²) in [6.45, 7) is 3.65. The molecule has 0 aliphatic carbocycles. The van der Waals surface area contributed by atoms with Gasteiger partial charge in [0.1, 0.15) is 17.9 Å². The Bertz CT molecular complexity index is 1550. The number of amides is 1. The van der Waals surface area contributed by atoms with Crippen LogP contribution in [0.5, 0.6) is 5.75 Å². The zero-order chi connectivity index (χ0) is 26.6. The predicted octanol–water partition coefficient (Wildman–Crippen LogP) is 3.75. The molecule has 1 fully saturated rings. The van der Waals surface area contributed by atoms with Crippen molar-refractivity contribution in [1.82, 2.24) is 19.9 Å². The third-order valence-corrected chi connectivity index (χ3v) is 6.98. The maximum Gasteiger partial charge on any atom is 0.263 e. The number of rotatable bonds is 7. The molecule has 10 nitrogen and oxygen atoms in total. The number of thiazole rings is 1. The van der Waals surface area contributed by atoms with Gasteiger partial charge in [-0.1, -0.05) is 0 Å². The van der Waals surface area contributed by atoms with E-state index in [0.29, 0.717) is 70.1 Å². The zero-order valence-corrected chi connectivity index (χ0v) is 21.7. The average Bonchev–Trinajstić information content (AvgIpc) is 3.43. The number of anilines is 2. The molecule has 1 aliphatic heterocycles. The Morgan fingerprint density at radius 3 is 2.84 bits per heavy atom. The summed E-state index contributed by atoms with van der Waals surface area (Å²) in [6.07, 6.45) is 3.62. The number of halogens is 1. The Hall–Kier alpha value is -4.16. The largest absolute Gasteiger partial charge is 0.480 e. The molecule has 12 heteroatoms. The van der Waals surface area contributed by atoms with Crippen LogP contribution in [0, 0.1) is 5.82 Å². The van der Waals surface area contributed by atoms with Crippen LogP contribution < -0.4 is 15.8 Å². The van der Waals surface area contributed by atoms with Crippen molar-refractivity contribution in [2.75, 3.05) is 38.7 Å². The Kier molecular flexibility index (Phi) is 7.43. The van der Waals surface area contributed by atoms with E-state index in [9.17, 15) is 4.79 Å². The number of benzene rings is 2. The Balaban J connectivity index is 1.59. The summed E-state index contributed by atoms with van der Waals surface area (Å²) in [5.41, 5.74) is 10.1. The van der Waals surface area contributed by atoms with Crippen LogP contribution in [0.25, 0.3) is 26.7 Å². The molecule has 0 bridgehead atoms. The number of nitrogens with zero attached hydrogens (tertiary/aromatic N) is 5. The summed E-state index contributed by atoms with van der Waals surface area (Å²) in [5.74, 6) is 0.0782. The first-order valence-electron chi connectivity index (χ1n) is 11.9. The average molecular weight is 536 g/mol. The molecule has 196 valence electrons. The molecule has 1 saturated heterocycles. The van der Waals surface area contributed by atoms with E-state index < -0.39 is 11.9 Å². The molecule has 5 rings (SSSR count). The highest BCUT2D eigenvalue weighted by molar-refractivity contribution is 7.16. The van der Waals surface area contributed by atoms with Gasteiger partial charge >= 0.3 is 0 Å². The second kappa shape index (κ2) is 11.1. The first kappa shape index (κ1) is 25.5. The summed E-state index contributed by atoms with van der Waals surface area (Å²) in [6, 6.07) is 6.91. The van der Waals surface area contributed by atoms with Gasteiger partial charge in [0.25, 0.3) is 5.91 Å². The van der Waals surface area contributed by atoms with Gasteiger partial charge in [0.2, 0.25) is 0 Å². The lowest BCUT2D eigenvalue weighted by atomic mass is 10.0. The second-order valence-corrected chi connectivity index (χ2v) is 9.41. The SMILES string of the molecule is CN=C/C(=C\N)c1cc(OC(C)C(=O)N2CCOCC2)c2c(Nc3ccc4ncsc4c3F)ncnc2c1. The molecule has 1 unspecified atom stereocenters. The van der Waals surface area contributed by atoms with E-state index in [0.717, 1.165) is 0 Å². The van der Waals surface area contributed by atoms with E-state index in [1.54, 1.807) is 48.8 Å². The van der Waals surface area contributed by atoms with Gasteiger partial charge in [-0.05, 0) is 36.8 Å². The van der Waals surface area contributed by atoms with Crippen LogP contribution in [-0.4, -0.2) is 71.4 Å². The van der Waals surface area contributed by atoms with Crippen LogP contribution in [0.15, 0.2) is 47.3 Å². The van der Waals surface area contributed by atoms with Gasteiger partial charge in [-0.3, -0.25) is 9.79 Å². The number of aromatic nitrogens is 3. The van der Waals surface area contributed by atoms with Crippen LogP contribution in [0.2, 0.25) is 0 Å². The molecule has 0 radical (unpaired) electrons. The maximum absolute atomic E-state index is 15.2. The summed E-state index contributed by atoms with van der Waals surface area (Å²) >= 11 is 1.22. The number of aliphatic imine (C=N–C) groups is 1. The standard InChI is InChI=1S/C26H26FN7O3S/c1-15(26(35)34-5-7-36-8-6-34)37-21-10-16(17(11-28)12-29-2)9-20-22(21)25(31-13-30-20)33-18-3-4-19-24(23(18)27)38-14-32-19/h3-4,9-15H,5-8,28H2,1-2H3,(H,30,31,33)/b17-11+,29-12?. The highest BCUT2D eigenvalue weighted by Gasteiger charge is 2.26. The third kappa shape index (κ3) is 5.00. The highest BCUT2D eigenvalue weighted by Crippen LogP contribution is 2.37. The normalized spacial score (nSPS) is 15.3. The molecular formula is C26H26FN7O3S. The summed E-state index contributed by atoms with van der Waals surface area (Å²) in [7, 11) is 1.64. The third-order valence-electron chi connectivity index (χ3n) is 6.15. The molecule has 1 amide bonds. The van der Waals surface area contributed by atoms with Gasteiger partial charge in [0.15, 0.2) is 11.9 Å². The zero-order valence-electron chi connectivity index (χ0n) is 20.8. The van der Waals surface area contributed by atoms with Crippen molar-refractivity contribution in [3.8, 4) is 5.75 Å². The first-order chi connectivity index (χ1) is 18.5. The monoisotopic (exact) mass is 535 g/mol. The number of nitrogens with two attached hydrogens (primary N) is 1.